The van der Waals surface area contributed by atoms with Gasteiger partial charge in [-0.05, 0) is 0 Å². The Balaban J connectivity index is 2.24. The minimum Gasteiger partial charge on any atom is -0.374 e. The van der Waals surface area contributed by atoms with E-state index in [2.05, 4.69) is 9.47 Å². The maximum Gasteiger partial charge on any atom is 0.114 e. The van der Waals surface area contributed by atoms with Gasteiger partial charge in [0.1, 0.15) is 7.85 Å². The van der Waals surface area contributed by atoms with Crippen LogP contribution in [-0.4, -0.2) is 26.6 Å². The second-order valence-electron chi connectivity index (χ2n) is 1.86. The Bertz CT molecular complexity index is 118. The van der Waals surface area contributed by atoms with Crippen LogP contribution in [0.2, 0.25) is 0 Å². The number of rotatable bonds is 2. The van der Waals surface area contributed by atoms with Crippen molar-refractivity contribution in [3.63, 3.8) is 0 Å². The van der Waals surface area contributed by atoms with Gasteiger partial charge in [0.05, 0.1) is 12.7 Å². The lowest BCUT2D eigenvalue weighted by Crippen LogP contribution is -2.15. The fourth-order valence-electron chi connectivity index (χ4n) is 0.716. The zero-order valence-corrected chi connectivity index (χ0v) is 6.14. The molecule has 1 aliphatic heterocycles. The van der Waals surface area contributed by atoms with E-state index in [0.29, 0.717) is 6.61 Å². The average Bonchev–Trinajstić information content (AvgIpc) is 2.17. The molecule has 0 aromatic rings. The summed E-state index contributed by atoms with van der Waals surface area (Å²) in [5.41, 5.74) is 0. The number of ether oxygens (including phenoxy) is 1. The molecule has 0 N–H and O–H groups in total. The monoisotopic (exact) mass is 142 g/mol. The fourth-order valence-corrected chi connectivity index (χ4v) is 0.905. The molecule has 0 aromatic heterocycles. The number of hydrogen-bond acceptors (Lipinski definition) is 2. The molecule has 9 heavy (non-hydrogen) atoms. The Labute approximate surface area is 58.3 Å². The smallest absolute Gasteiger partial charge is 0.114 e. The lowest BCUT2D eigenvalue weighted by molar-refractivity contribution is 0.0721. The van der Waals surface area contributed by atoms with Gasteiger partial charge in [0.2, 0.25) is 0 Å². The van der Waals surface area contributed by atoms with Gasteiger partial charge in [-0.1, -0.05) is 12.2 Å². The minimum atomic E-state index is -0.241. The van der Waals surface area contributed by atoms with E-state index in [1.165, 1.54) is 0 Å². The molecule has 0 aromatic carbocycles. The van der Waals surface area contributed by atoms with Crippen LogP contribution in [0.4, 0.5) is 0 Å². The minimum absolute atomic E-state index is 0.0394. The van der Waals surface area contributed by atoms with Gasteiger partial charge >= 0.3 is 0 Å². The van der Waals surface area contributed by atoms with Crippen molar-refractivity contribution in [2.45, 2.75) is 12.1 Å². The molecule has 0 saturated carbocycles. The van der Waals surface area contributed by atoms with Crippen LogP contribution in [0, 0.1) is 0 Å². The van der Waals surface area contributed by atoms with Crippen molar-refractivity contribution < 1.29 is 9.26 Å². The van der Waals surface area contributed by atoms with Crippen LogP contribution in [-0.2, 0) is 9.26 Å². The van der Waals surface area contributed by atoms with E-state index in [1.807, 2.05) is 12.2 Å². The second-order valence-corrected chi connectivity index (χ2v) is 2.19. The maximum absolute atomic E-state index is 5.38. The summed E-state index contributed by atoms with van der Waals surface area (Å²) in [6.45, 7) is 0.550. The quantitative estimate of drug-likeness (QED) is 0.312. The Morgan fingerprint density at radius 2 is 2.44 bits per heavy atom. The van der Waals surface area contributed by atoms with E-state index in [0.717, 1.165) is 0 Å². The third-order valence-corrected chi connectivity index (χ3v) is 1.30. The highest BCUT2D eigenvalue weighted by atomic mass is 31.0. The molecule has 0 spiro atoms. The van der Waals surface area contributed by atoms with Crippen molar-refractivity contribution in [1.82, 2.24) is 0 Å². The van der Waals surface area contributed by atoms with Gasteiger partial charge in [0, 0.05) is 15.5 Å². The first-order chi connectivity index (χ1) is 4.33. The van der Waals surface area contributed by atoms with E-state index in [1.54, 1.807) is 0 Å². The summed E-state index contributed by atoms with van der Waals surface area (Å²) in [7, 11) is 7.55. The molecule has 2 radical (unpaired) electrons. The summed E-state index contributed by atoms with van der Waals surface area (Å²) in [4.78, 5) is 0. The van der Waals surface area contributed by atoms with E-state index in [-0.39, 0.29) is 12.1 Å². The molecule has 1 heterocycles. The fraction of sp³-hybridized carbons (Fsp3) is 0.600. The van der Waals surface area contributed by atoms with Gasteiger partial charge in [0.25, 0.3) is 0 Å². The molecular formula is C5H8BO2P. The molecule has 1 aliphatic rings. The van der Waals surface area contributed by atoms with E-state index in [9.17, 15) is 0 Å². The SMILES string of the molecule is [B]C1C=CC(COP)O1. The van der Waals surface area contributed by atoms with Crippen LogP contribution < -0.4 is 0 Å². The van der Waals surface area contributed by atoms with Crippen molar-refractivity contribution in [2.75, 3.05) is 6.61 Å². The predicted octanol–water partition coefficient (Wildman–Crippen LogP) is 0.243. The third-order valence-electron chi connectivity index (χ3n) is 1.11. The molecular weight excluding hydrogens is 134 g/mol. The van der Waals surface area contributed by atoms with Crippen LogP contribution in [0.25, 0.3) is 0 Å². The maximum atomic E-state index is 5.38. The third kappa shape index (κ3) is 2.09. The Morgan fingerprint density at radius 3 is 2.89 bits per heavy atom. The molecule has 2 nitrogen and oxygen atoms in total. The van der Waals surface area contributed by atoms with Gasteiger partial charge in [-0.15, -0.1) is 0 Å². The van der Waals surface area contributed by atoms with E-state index >= 15 is 0 Å². The van der Waals surface area contributed by atoms with Crippen molar-refractivity contribution in [3.8, 4) is 0 Å². The Kier molecular flexibility index (Phi) is 2.71. The molecule has 0 bridgehead atoms. The molecule has 3 atom stereocenters. The van der Waals surface area contributed by atoms with Gasteiger partial charge in [0.15, 0.2) is 0 Å². The number of hydrogen-bond donors (Lipinski definition) is 0. The Morgan fingerprint density at radius 1 is 1.67 bits per heavy atom. The lowest BCUT2D eigenvalue weighted by Gasteiger charge is -2.08. The summed E-state index contributed by atoms with van der Waals surface area (Å²) >= 11 is 0. The average molecular weight is 142 g/mol. The van der Waals surface area contributed by atoms with Gasteiger partial charge in [-0.25, -0.2) is 0 Å². The van der Waals surface area contributed by atoms with Crippen LogP contribution in [0.1, 0.15) is 0 Å². The largest absolute Gasteiger partial charge is 0.374 e. The molecule has 4 heteroatoms. The topological polar surface area (TPSA) is 18.5 Å². The summed E-state index contributed by atoms with van der Waals surface area (Å²) in [5, 5.41) is 0. The van der Waals surface area contributed by atoms with Gasteiger partial charge in [-0.2, -0.15) is 0 Å². The standard InChI is InChI=1S/C5H8BO2P/c6-5-2-1-4(8-5)3-7-9/h1-2,4-5H,3,9H2. The first-order valence-corrected chi connectivity index (χ1v) is 3.21. The summed E-state index contributed by atoms with van der Waals surface area (Å²) in [6.07, 6.45) is 3.75. The highest BCUT2D eigenvalue weighted by Gasteiger charge is 2.13. The van der Waals surface area contributed by atoms with Crippen LogP contribution in [0.5, 0.6) is 0 Å². The van der Waals surface area contributed by atoms with Crippen LogP contribution >= 0.6 is 9.47 Å². The van der Waals surface area contributed by atoms with E-state index in [4.69, 9.17) is 17.1 Å². The summed E-state index contributed by atoms with van der Waals surface area (Å²) < 4.78 is 9.89. The molecule has 3 unspecified atom stereocenters. The highest BCUT2D eigenvalue weighted by molar-refractivity contribution is 7.09. The second kappa shape index (κ2) is 3.36. The lowest BCUT2D eigenvalue weighted by atomic mass is 10.0. The zero-order valence-electron chi connectivity index (χ0n) is 4.99. The molecule has 0 saturated heterocycles. The predicted molar refractivity (Wildman–Crippen MR) is 39.2 cm³/mol. The molecule has 0 fully saturated rings. The van der Waals surface area contributed by atoms with Crippen molar-refractivity contribution >= 4 is 17.3 Å². The molecule has 0 amide bonds. The van der Waals surface area contributed by atoms with Gasteiger partial charge in [-0.3, -0.25) is 0 Å². The van der Waals surface area contributed by atoms with Crippen molar-refractivity contribution in [2.24, 2.45) is 0 Å². The molecule has 0 aliphatic carbocycles. The van der Waals surface area contributed by atoms with Crippen molar-refractivity contribution in [1.29, 1.82) is 0 Å². The van der Waals surface area contributed by atoms with Gasteiger partial charge < -0.3 is 9.26 Å². The first kappa shape index (κ1) is 7.26. The highest BCUT2D eigenvalue weighted by Crippen LogP contribution is 2.09. The normalized spacial score (nSPS) is 33.4. The first-order valence-electron chi connectivity index (χ1n) is 2.74. The van der Waals surface area contributed by atoms with E-state index < -0.39 is 0 Å². The van der Waals surface area contributed by atoms with Crippen LogP contribution in [0.3, 0.4) is 0 Å². The molecule has 48 valence electrons. The summed E-state index contributed by atoms with van der Waals surface area (Å²) in [6, 6.07) is -0.241. The summed E-state index contributed by atoms with van der Waals surface area (Å²) in [5.74, 6) is 0. The zero-order chi connectivity index (χ0) is 6.69. The molecule has 1 rings (SSSR count). The van der Waals surface area contributed by atoms with Crippen LogP contribution in [0.15, 0.2) is 12.2 Å². The van der Waals surface area contributed by atoms with Crippen molar-refractivity contribution in [3.05, 3.63) is 12.2 Å². The Hall–Kier alpha value is 0.155.